The summed E-state index contributed by atoms with van der Waals surface area (Å²) in [4.78, 5) is 12.4. The van der Waals surface area contributed by atoms with Crippen LogP contribution in [0.1, 0.15) is 45.4 Å². The molecule has 17 heavy (non-hydrogen) atoms. The molecule has 0 spiro atoms. The Morgan fingerprint density at radius 1 is 1.24 bits per heavy atom. The number of hydrogen-bond acceptors (Lipinski definition) is 2. The van der Waals surface area contributed by atoms with Crippen molar-refractivity contribution >= 4 is 5.91 Å². The van der Waals surface area contributed by atoms with Gasteiger partial charge in [-0.1, -0.05) is 0 Å². The Morgan fingerprint density at radius 3 is 2.12 bits per heavy atom. The molecule has 4 aliphatic carbocycles. The Kier molecular flexibility index (Phi) is 2.69. The van der Waals surface area contributed by atoms with Crippen molar-refractivity contribution in [2.24, 2.45) is 28.9 Å². The second kappa shape index (κ2) is 3.98. The molecule has 1 unspecified atom stereocenters. The maximum Gasteiger partial charge on any atom is 0.226 e. The summed E-state index contributed by atoms with van der Waals surface area (Å²) in [6.07, 6.45) is 7.59. The van der Waals surface area contributed by atoms with E-state index in [1.165, 1.54) is 19.3 Å². The van der Waals surface area contributed by atoms with E-state index in [-0.39, 0.29) is 11.5 Å². The number of nitrogens with one attached hydrogen (secondary N) is 1. The van der Waals surface area contributed by atoms with E-state index in [1.54, 1.807) is 0 Å². The largest absolute Gasteiger partial charge is 0.354 e. The van der Waals surface area contributed by atoms with Crippen LogP contribution in [0.25, 0.3) is 0 Å². The van der Waals surface area contributed by atoms with E-state index in [0.29, 0.717) is 12.5 Å². The summed E-state index contributed by atoms with van der Waals surface area (Å²) in [6, 6.07) is 0.0628. The normalized spacial score (nSPS) is 44.7. The number of rotatable bonds is 3. The molecule has 0 heterocycles. The fourth-order valence-corrected chi connectivity index (χ4v) is 4.83. The van der Waals surface area contributed by atoms with Crippen LogP contribution in [-0.4, -0.2) is 18.5 Å². The summed E-state index contributed by atoms with van der Waals surface area (Å²) in [5.74, 6) is 2.81. The molecule has 4 bridgehead atoms. The van der Waals surface area contributed by atoms with Crippen molar-refractivity contribution < 1.29 is 4.79 Å². The van der Waals surface area contributed by atoms with Gasteiger partial charge < -0.3 is 11.1 Å². The third kappa shape index (κ3) is 1.99. The highest BCUT2D eigenvalue weighted by Crippen LogP contribution is 2.60. The Morgan fingerprint density at radius 2 is 1.71 bits per heavy atom. The monoisotopic (exact) mass is 236 g/mol. The van der Waals surface area contributed by atoms with Crippen LogP contribution >= 0.6 is 0 Å². The quantitative estimate of drug-likeness (QED) is 0.783. The van der Waals surface area contributed by atoms with Gasteiger partial charge in [-0.3, -0.25) is 4.79 Å². The molecule has 0 aliphatic heterocycles. The molecule has 1 atom stereocenters. The fraction of sp³-hybridized carbons (Fsp3) is 0.929. The van der Waals surface area contributed by atoms with Crippen LogP contribution < -0.4 is 11.1 Å². The van der Waals surface area contributed by atoms with Gasteiger partial charge in [0.25, 0.3) is 0 Å². The molecule has 4 aliphatic rings. The van der Waals surface area contributed by atoms with Gasteiger partial charge in [0.2, 0.25) is 5.91 Å². The van der Waals surface area contributed by atoms with Crippen molar-refractivity contribution in [1.29, 1.82) is 0 Å². The van der Waals surface area contributed by atoms with Crippen LogP contribution in [0.5, 0.6) is 0 Å². The van der Waals surface area contributed by atoms with Gasteiger partial charge in [-0.05, 0) is 63.2 Å². The first-order valence-electron chi connectivity index (χ1n) is 7.11. The van der Waals surface area contributed by atoms with Gasteiger partial charge in [-0.2, -0.15) is 0 Å². The minimum absolute atomic E-state index is 0.0103. The summed E-state index contributed by atoms with van der Waals surface area (Å²) >= 11 is 0. The van der Waals surface area contributed by atoms with Crippen LogP contribution in [-0.2, 0) is 4.79 Å². The molecule has 0 aromatic carbocycles. The summed E-state index contributed by atoms with van der Waals surface area (Å²) in [5, 5.41) is 3.08. The molecule has 3 heteroatoms. The van der Waals surface area contributed by atoms with Gasteiger partial charge in [0.05, 0.1) is 0 Å². The molecule has 1 amide bonds. The highest BCUT2D eigenvalue weighted by Gasteiger charge is 2.54. The zero-order valence-corrected chi connectivity index (χ0v) is 10.7. The molecule has 3 nitrogen and oxygen atoms in total. The maximum absolute atomic E-state index is 12.4. The fourth-order valence-electron chi connectivity index (χ4n) is 4.83. The van der Waals surface area contributed by atoms with Crippen LogP contribution in [0.3, 0.4) is 0 Å². The Balaban J connectivity index is 1.71. The second-order valence-corrected chi connectivity index (χ2v) is 6.89. The van der Waals surface area contributed by atoms with E-state index >= 15 is 0 Å². The van der Waals surface area contributed by atoms with Gasteiger partial charge in [0.1, 0.15) is 0 Å². The Bertz CT molecular complexity index is 289. The van der Waals surface area contributed by atoms with Crippen molar-refractivity contribution in [3.05, 3.63) is 0 Å². The maximum atomic E-state index is 12.4. The molecule has 3 N–H and O–H groups in total. The van der Waals surface area contributed by atoms with Crippen molar-refractivity contribution in [2.75, 3.05) is 6.54 Å². The van der Waals surface area contributed by atoms with Crippen molar-refractivity contribution in [3.8, 4) is 0 Å². The van der Waals surface area contributed by atoms with E-state index < -0.39 is 0 Å². The summed E-state index contributed by atoms with van der Waals surface area (Å²) in [7, 11) is 0. The zero-order valence-electron chi connectivity index (χ0n) is 10.7. The first-order chi connectivity index (χ1) is 8.07. The average molecular weight is 236 g/mol. The lowest BCUT2D eigenvalue weighted by Crippen LogP contribution is -2.54. The Hall–Kier alpha value is -0.570. The molecule has 4 saturated carbocycles. The smallest absolute Gasteiger partial charge is 0.226 e. The lowest BCUT2D eigenvalue weighted by Gasteiger charge is -2.55. The van der Waals surface area contributed by atoms with Gasteiger partial charge in [0.15, 0.2) is 0 Å². The highest BCUT2D eigenvalue weighted by atomic mass is 16.2. The molecule has 0 saturated heterocycles. The summed E-state index contributed by atoms with van der Waals surface area (Å²) in [5.41, 5.74) is 5.71. The van der Waals surface area contributed by atoms with Gasteiger partial charge in [-0.25, -0.2) is 0 Å². The van der Waals surface area contributed by atoms with E-state index in [4.69, 9.17) is 5.73 Å². The molecular formula is C14H24N2O. The van der Waals surface area contributed by atoms with E-state index in [1.807, 2.05) is 6.92 Å². The van der Waals surface area contributed by atoms with Crippen LogP contribution in [0, 0.1) is 23.2 Å². The van der Waals surface area contributed by atoms with Crippen LogP contribution in [0.4, 0.5) is 0 Å². The van der Waals surface area contributed by atoms with Crippen LogP contribution in [0.15, 0.2) is 0 Å². The Labute approximate surface area is 104 Å². The van der Waals surface area contributed by atoms with E-state index in [2.05, 4.69) is 5.32 Å². The molecule has 4 fully saturated rings. The molecule has 96 valence electrons. The lowest BCUT2D eigenvalue weighted by molar-refractivity contribution is -0.146. The highest BCUT2D eigenvalue weighted by molar-refractivity contribution is 5.83. The minimum Gasteiger partial charge on any atom is -0.354 e. The van der Waals surface area contributed by atoms with E-state index in [0.717, 1.165) is 37.0 Å². The number of carbonyl (C=O) groups is 1. The predicted molar refractivity (Wildman–Crippen MR) is 67.3 cm³/mol. The summed E-state index contributed by atoms with van der Waals surface area (Å²) < 4.78 is 0. The third-order valence-corrected chi connectivity index (χ3v) is 5.10. The van der Waals surface area contributed by atoms with Crippen molar-refractivity contribution in [2.45, 2.75) is 51.5 Å². The van der Waals surface area contributed by atoms with Crippen molar-refractivity contribution in [3.63, 3.8) is 0 Å². The van der Waals surface area contributed by atoms with Crippen molar-refractivity contribution in [1.82, 2.24) is 5.32 Å². The number of hydrogen-bond donors (Lipinski definition) is 2. The lowest BCUT2D eigenvalue weighted by atomic mass is 9.49. The molecule has 0 aromatic rings. The first kappa shape index (κ1) is 11.5. The standard InChI is InChI=1S/C14H24N2O/c1-9(15)8-16-13(17)14-5-10-2-11(6-14)4-12(3-10)7-14/h9-12H,2-8,15H2,1H3,(H,16,17). The zero-order chi connectivity index (χ0) is 12.0. The van der Waals surface area contributed by atoms with Gasteiger partial charge in [-0.15, -0.1) is 0 Å². The van der Waals surface area contributed by atoms with E-state index in [9.17, 15) is 4.79 Å². The molecule has 0 aromatic heterocycles. The number of amides is 1. The topological polar surface area (TPSA) is 55.1 Å². The molecule has 4 rings (SSSR count). The SMILES string of the molecule is CC(N)CNC(=O)C12CC3CC(CC(C3)C1)C2. The predicted octanol–water partition coefficient (Wildman–Crippen LogP) is 1.67. The first-order valence-corrected chi connectivity index (χ1v) is 7.11. The average Bonchev–Trinajstić information content (AvgIpc) is 2.23. The third-order valence-electron chi connectivity index (χ3n) is 5.10. The number of carbonyl (C=O) groups excluding carboxylic acids is 1. The summed E-state index contributed by atoms with van der Waals surface area (Å²) in [6.45, 7) is 2.57. The van der Waals surface area contributed by atoms with Crippen LogP contribution in [0.2, 0.25) is 0 Å². The van der Waals surface area contributed by atoms with Gasteiger partial charge >= 0.3 is 0 Å². The number of nitrogens with two attached hydrogens (primary N) is 1. The second-order valence-electron chi connectivity index (χ2n) is 6.89. The molecular weight excluding hydrogens is 212 g/mol. The van der Waals surface area contributed by atoms with Gasteiger partial charge in [0, 0.05) is 18.0 Å². The molecule has 0 radical (unpaired) electrons. The minimum atomic E-state index is -0.0103.